The van der Waals surface area contributed by atoms with Crippen molar-refractivity contribution in [3.05, 3.63) is 29.3 Å². The van der Waals surface area contributed by atoms with Gasteiger partial charge in [0.05, 0.1) is 0 Å². The number of hydrogen-bond donors (Lipinski definition) is 2. The first-order valence-electron chi connectivity index (χ1n) is 6.98. The van der Waals surface area contributed by atoms with Crippen LogP contribution in [-0.4, -0.2) is 44.4 Å². The third-order valence-electron chi connectivity index (χ3n) is 3.24. The van der Waals surface area contributed by atoms with E-state index in [1.807, 2.05) is 32.8 Å². The standard InChI is InChI=1S/C16H23BN2O2/c1-10(2)12-9-13(15(17)11(3)16(12)21)18-14(20)7-6-8-19(4)5/h6-7,9-10,21H,8H2,1-5H3,(H,18,20)/b7-6-. The molecule has 0 saturated carbocycles. The Morgan fingerprint density at radius 2 is 2.10 bits per heavy atom. The highest BCUT2D eigenvalue weighted by molar-refractivity contribution is 6.38. The molecule has 4 nitrogen and oxygen atoms in total. The highest BCUT2D eigenvalue weighted by Gasteiger charge is 2.14. The Balaban J connectivity index is 2.98. The van der Waals surface area contributed by atoms with Crippen LogP contribution in [0.2, 0.25) is 0 Å². The fourth-order valence-corrected chi connectivity index (χ4v) is 1.94. The summed E-state index contributed by atoms with van der Waals surface area (Å²) in [6.07, 6.45) is 3.26. The van der Waals surface area contributed by atoms with Crippen molar-refractivity contribution in [1.82, 2.24) is 4.90 Å². The molecule has 0 saturated heterocycles. The number of anilines is 1. The summed E-state index contributed by atoms with van der Waals surface area (Å²) in [4.78, 5) is 13.8. The molecule has 1 aromatic rings. The van der Waals surface area contributed by atoms with E-state index in [-0.39, 0.29) is 17.6 Å². The molecule has 0 atom stereocenters. The van der Waals surface area contributed by atoms with E-state index in [2.05, 4.69) is 5.32 Å². The summed E-state index contributed by atoms with van der Waals surface area (Å²) in [5.41, 5.74) is 2.29. The molecule has 0 aliphatic heterocycles. The molecule has 0 spiro atoms. The van der Waals surface area contributed by atoms with Crippen LogP contribution in [0.15, 0.2) is 18.2 Å². The molecule has 0 fully saturated rings. The van der Waals surface area contributed by atoms with E-state index in [1.54, 1.807) is 19.1 Å². The van der Waals surface area contributed by atoms with Gasteiger partial charge in [-0.2, -0.15) is 0 Å². The highest BCUT2D eigenvalue weighted by Crippen LogP contribution is 2.30. The van der Waals surface area contributed by atoms with E-state index in [0.29, 0.717) is 23.3 Å². The van der Waals surface area contributed by atoms with E-state index in [9.17, 15) is 9.90 Å². The van der Waals surface area contributed by atoms with E-state index < -0.39 is 0 Å². The van der Waals surface area contributed by atoms with Crippen molar-refractivity contribution < 1.29 is 9.90 Å². The van der Waals surface area contributed by atoms with Crippen LogP contribution >= 0.6 is 0 Å². The zero-order valence-electron chi connectivity index (χ0n) is 13.4. The second-order valence-corrected chi connectivity index (χ2v) is 5.71. The molecule has 21 heavy (non-hydrogen) atoms. The predicted octanol–water partition coefficient (Wildman–Crippen LogP) is 1.67. The minimum absolute atomic E-state index is 0.143. The van der Waals surface area contributed by atoms with Crippen molar-refractivity contribution >= 4 is 24.9 Å². The van der Waals surface area contributed by atoms with Crippen LogP contribution in [0.1, 0.15) is 30.9 Å². The quantitative estimate of drug-likeness (QED) is 0.492. The Labute approximate surface area is 128 Å². The van der Waals surface area contributed by atoms with Gasteiger partial charge in [-0.15, -0.1) is 0 Å². The average Bonchev–Trinajstić information content (AvgIpc) is 2.38. The molecule has 1 amide bonds. The maximum Gasteiger partial charge on any atom is 0.248 e. The number of phenols is 1. The first kappa shape index (κ1) is 17.3. The average molecular weight is 286 g/mol. The summed E-state index contributed by atoms with van der Waals surface area (Å²) in [6.45, 7) is 6.39. The molecule has 5 heteroatoms. The third-order valence-corrected chi connectivity index (χ3v) is 3.24. The van der Waals surface area contributed by atoms with Crippen LogP contribution in [0, 0.1) is 6.92 Å². The molecule has 0 bridgehead atoms. The van der Waals surface area contributed by atoms with Crippen molar-refractivity contribution in [2.24, 2.45) is 0 Å². The van der Waals surface area contributed by atoms with Crippen molar-refractivity contribution in [1.29, 1.82) is 0 Å². The lowest BCUT2D eigenvalue weighted by molar-refractivity contribution is -0.111. The number of amides is 1. The molecule has 2 radical (unpaired) electrons. The van der Waals surface area contributed by atoms with Crippen molar-refractivity contribution in [3.8, 4) is 5.75 Å². The van der Waals surface area contributed by atoms with Crippen LogP contribution < -0.4 is 10.8 Å². The summed E-state index contributed by atoms with van der Waals surface area (Å²) < 4.78 is 0. The topological polar surface area (TPSA) is 52.6 Å². The van der Waals surface area contributed by atoms with Crippen LogP contribution in [0.25, 0.3) is 0 Å². The van der Waals surface area contributed by atoms with E-state index in [4.69, 9.17) is 7.85 Å². The lowest BCUT2D eigenvalue weighted by Gasteiger charge is -2.17. The maximum absolute atomic E-state index is 11.9. The van der Waals surface area contributed by atoms with Gasteiger partial charge in [0.15, 0.2) is 0 Å². The summed E-state index contributed by atoms with van der Waals surface area (Å²) in [7, 11) is 9.83. The summed E-state index contributed by atoms with van der Waals surface area (Å²) in [5, 5.41) is 12.9. The first-order valence-corrected chi connectivity index (χ1v) is 6.98. The number of benzene rings is 1. The van der Waals surface area contributed by atoms with E-state index in [0.717, 1.165) is 5.56 Å². The molecule has 0 aliphatic rings. The number of aromatic hydroxyl groups is 1. The summed E-state index contributed by atoms with van der Waals surface area (Å²) in [5.74, 6) is 0.108. The second kappa shape index (κ2) is 7.32. The van der Waals surface area contributed by atoms with Gasteiger partial charge >= 0.3 is 0 Å². The number of hydrogen-bond acceptors (Lipinski definition) is 3. The van der Waals surface area contributed by atoms with Gasteiger partial charge in [-0.3, -0.25) is 4.79 Å². The Hall–Kier alpha value is -1.75. The van der Waals surface area contributed by atoms with Crippen LogP contribution in [0.5, 0.6) is 5.75 Å². The molecule has 0 aliphatic carbocycles. The van der Waals surface area contributed by atoms with Gasteiger partial charge in [0.1, 0.15) is 13.6 Å². The fourth-order valence-electron chi connectivity index (χ4n) is 1.94. The smallest absolute Gasteiger partial charge is 0.248 e. The minimum atomic E-state index is -0.233. The van der Waals surface area contributed by atoms with Gasteiger partial charge in [-0.05, 0) is 44.1 Å². The summed E-state index contributed by atoms with van der Waals surface area (Å²) in [6, 6.07) is 1.74. The lowest BCUT2D eigenvalue weighted by Crippen LogP contribution is -2.20. The number of carbonyl (C=O) groups excluding carboxylic acids is 1. The van der Waals surface area contributed by atoms with Gasteiger partial charge in [0.2, 0.25) is 5.91 Å². The largest absolute Gasteiger partial charge is 0.507 e. The number of likely N-dealkylation sites (N-methyl/N-ethyl adjacent to an activating group) is 1. The van der Waals surface area contributed by atoms with Crippen LogP contribution in [-0.2, 0) is 4.79 Å². The van der Waals surface area contributed by atoms with Gasteiger partial charge in [0, 0.05) is 18.3 Å². The van der Waals surface area contributed by atoms with Crippen LogP contribution in [0.3, 0.4) is 0 Å². The predicted molar refractivity (Wildman–Crippen MR) is 88.6 cm³/mol. The summed E-state index contributed by atoms with van der Waals surface area (Å²) >= 11 is 0. The Morgan fingerprint density at radius 1 is 1.48 bits per heavy atom. The zero-order valence-corrected chi connectivity index (χ0v) is 13.4. The fraction of sp³-hybridized carbons (Fsp3) is 0.438. The molecule has 2 N–H and O–H groups in total. The normalized spacial score (nSPS) is 11.6. The van der Waals surface area contributed by atoms with Crippen LogP contribution in [0.4, 0.5) is 5.69 Å². The molecular formula is C16H23BN2O2. The third kappa shape index (κ3) is 4.64. The van der Waals surface area contributed by atoms with Crippen molar-refractivity contribution in [2.75, 3.05) is 26.0 Å². The molecular weight excluding hydrogens is 263 g/mol. The molecule has 0 unspecified atom stereocenters. The maximum atomic E-state index is 11.9. The van der Waals surface area contributed by atoms with Gasteiger partial charge < -0.3 is 15.3 Å². The second-order valence-electron chi connectivity index (χ2n) is 5.71. The molecule has 0 aromatic heterocycles. The number of carbonyl (C=O) groups is 1. The molecule has 112 valence electrons. The molecule has 1 aromatic carbocycles. The monoisotopic (exact) mass is 286 g/mol. The SMILES string of the molecule is [B]c1c(NC(=O)/C=C\CN(C)C)cc(C(C)C)c(O)c1C. The Bertz CT molecular complexity index is 552. The Morgan fingerprint density at radius 3 is 2.62 bits per heavy atom. The number of rotatable bonds is 5. The zero-order chi connectivity index (χ0) is 16.2. The minimum Gasteiger partial charge on any atom is -0.507 e. The van der Waals surface area contributed by atoms with Gasteiger partial charge in [-0.1, -0.05) is 25.4 Å². The lowest BCUT2D eigenvalue weighted by atomic mass is 9.85. The van der Waals surface area contributed by atoms with Crippen molar-refractivity contribution in [3.63, 3.8) is 0 Å². The van der Waals surface area contributed by atoms with Gasteiger partial charge in [-0.25, -0.2) is 0 Å². The van der Waals surface area contributed by atoms with E-state index in [1.165, 1.54) is 6.08 Å². The number of nitrogens with zero attached hydrogens (tertiary/aromatic N) is 1. The van der Waals surface area contributed by atoms with E-state index >= 15 is 0 Å². The number of nitrogens with one attached hydrogen (secondary N) is 1. The number of phenolic OH excluding ortho intramolecular Hbond substituents is 1. The molecule has 1 rings (SSSR count). The Kier molecular flexibility index (Phi) is 6.03. The highest BCUT2D eigenvalue weighted by atomic mass is 16.3. The van der Waals surface area contributed by atoms with Crippen molar-refractivity contribution in [2.45, 2.75) is 26.7 Å². The molecule has 0 heterocycles. The first-order chi connectivity index (χ1) is 9.73. The van der Waals surface area contributed by atoms with Gasteiger partial charge in [0.25, 0.3) is 0 Å².